The number of nitrogens with zero attached hydrogens (tertiary/aromatic N) is 3. The first-order valence-electron chi connectivity index (χ1n) is 8.60. The van der Waals surface area contributed by atoms with Crippen molar-refractivity contribution in [3.05, 3.63) is 47.5 Å². The van der Waals surface area contributed by atoms with Crippen molar-refractivity contribution in [3.8, 4) is 11.8 Å². The van der Waals surface area contributed by atoms with Crippen LogP contribution in [0.3, 0.4) is 0 Å². The molecule has 1 aromatic heterocycles. The van der Waals surface area contributed by atoms with Crippen LogP contribution >= 0.6 is 0 Å². The molecular formula is C19H22FN3O3. The molecule has 1 aromatic carbocycles. The Kier molecular flexibility index (Phi) is 5.65. The molecule has 0 radical (unpaired) electrons. The minimum atomic E-state index is -0.507. The second-order valence-electron chi connectivity index (χ2n) is 6.39. The van der Waals surface area contributed by atoms with E-state index in [1.54, 1.807) is 12.0 Å². The summed E-state index contributed by atoms with van der Waals surface area (Å²) in [4.78, 5) is 22.1. The van der Waals surface area contributed by atoms with Gasteiger partial charge >= 0.3 is 6.01 Å². The number of benzene rings is 1. The second-order valence-corrected chi connectivity index (χ2v) is 6.39. The number of rotatable bonds is 5. The van der Waals surface area contributed by atoms with E-state index >= 15 is 0 Å². The van der Waals surface area contributed by atoms with Crippen LogP contribution in [-0.4, -0.2) is 47.1 Å². The minimum Gasteiger partial charge on any atom is -0.496 e. The highest BCUT2D eigenvalue weighted by molar-refractivity contribution is 5.79. The first-order chi connectivity index (χ1) is 12.5. The second kappa shape index (κ2) is 8.12. The summed E-state index contributed by atoms with van der Waals surface area (Å²) in [5, 5.41) is 0. The summed E-state index contributed by atoms with van der Waals surface area (Å²) >= 11 is 0. The van der Waals surface area contributed by atoms with Gasteiger partial charge < -0.3 is 14.4 Å². The maximum absolute atomic E-state index is 12.9. The van der Waals surface area contributed by atoms with Crippen molar-refractivity contribution in [1.29, 1.82) is 0 Å². The Morgan fingerprint density at radius 1 is 1.35 bits per heavy atom. The first kappa shape index (κ1) is 18.1. The van der Waals surface area contributed by atoms with Crippen LogP contribution in [-0.2, 0) is 11.2 Å². The van der Waals surface area contributed by atoms with Crippen molar-refractivity contribution in [3.63, 3.8) is 0 Å². The number of hydrogen-bond donors (Lipinski definition) is 0. The highest BCUT2D eigenvalue weighted by atomic mass is 19.1. The van der Waals surface area contributed by atoms with Gasteiger partial charge in [0.05, 0.1) is 32.5 Å². The number of carbonyl (C=O) groups excluding carboxylic acids is 1. The highest BCUT2D eigenvalue weighted by Gasteiger charge is 2.25. The third-order valence-corrected chi connectivity index (χ3v) is 4.41. The van der Waals surface area contributed by atoms with E-state index in [1.165, 1.54) is 0 Å². The number of amides is 1. The Labute approximate surface area is 152 Å². The fraction of sp³-hybridized carbons (Fsp3) is 0.421. The molecule has 2 heterocycles. The van der Waals surface area contributed by atoms with E-state index in [4.69, 9.17) is 9.47 Å². The zero-order chi connectivity index (χ0) is 18.5. The number of piperidine rings is 1. The average Bonchev–Trinajstić information content (AvgIpc) is 2.64. The predicted octanol–water partition coefficient (Wildman–Crippen LogP) is 2.55. The van der Waals surface area contributed by atoms with Gasteiger partial charge in [-0.1, -0.05) is 12.1 Å². The van der Waals surface area contributed by atoms with Crippen LogP contribution in [0.5, 0.6) is 11.8 Å². The van der Waals surface area contributed by atoms with Gasteiger partial charge in [-0.25, -0.2) is 14.4 Å². The zero-order valence-electron chi connectivity index (χ0n) is 14.9. The van der Waals surface area contributed by atoms with Crippen LogP contribution in [0.2, 0.25) is 0 Å². The zero-order valence-corrected chi connectivity index (χ0v) is 14.9. The highest BCUT2D eigenvalue weighted by Crippen LogP contribution is 2.20. The molecule has 7 heteroatoms. The normalized spacial score (nSPS) is 17.0. The van der Waals surface area contributed by atoms with Gasteiger partial charge in [-0.05, 0) is 37.0 Å². The van der Waals surface area contributed by atoms with Crippen LogP contribution < -0.4 is 9.47 Å². The number of likely N-dealkylation sites (tertiary alicyclic amines) is 1. The Balaban J connectivity index is 1.59. The van der Waals surface area contributed by atoms with Gasteiger partial charge in [0.25, 0.3) is 0 Å². The van der Waals surface area contributed by atoms with E-state index in [0.717, 1.165) is 42.1 Å². The molecule has 1 aliphatic heterocycles. The van der Waals surface area contributed by atoms with Gasteiger partial charge in [0, 0.05) is 6.54 Å². The minimum absolute atomic E-state index is 0.0582. The SMILES string of the molecule is COc1ccc(CC(=O)N2CCCC(Oc3ncc(F)cn3)C2)cc1C. The summed E-state index contributed by atoms with van der Waals surface area (Å²) < 4.78 is 23.8. The summed E-state index contributed by atoms with van der Waals surface area (Å²) in [6.07, 6.45) is 3.95. The van der Waals surface area contributed by atoms with E-state index in [0.29, 0.717) is 19.5 Å². The van der Waals surface area contributed by atoms with Crippen molar-refractivity contribution in [2.45, 2.75) is 32.3 Å². The lowest BCUT2D eigenvalue weighted by atomic mass is 10.0. The van der Waals surface area contributed by atoms with Crippen LogP contribution in [0.25, 0.3) is 0 Å². The number of hydrogen-bond acceptors (Lipinski definition) is 5. The third kappa shape index (κ3) is 4.47. The maximum atomic E-state index is 12.9. The molecule has 6 nitrogen and oxygen atoms in total. The lowest BCUT2D eigenvalue weighted by Crippen LogP contribution is -2.45. The summed E-state index contributed by atoms with van der Waals surface area (Å²) in [5.74, 6) is 0.363. The fourth-order valence-corrected chi connectivity index (χ4v) is 3.11. The molecule has 0 spiro atoms. The van der Waals surface area contributed by atoms with Crippen molar-refractivity contribution >= 4 is 5.91 Å². The van der Waals surface area contributed by atoms with Gasteiger partial charge in [0.15, 0.2) is 5.82 Å². The maximum Gasteiger partial charge on any atom is 0.316 e. The molecule has 1 atom stereocenters. The Bertz CT molecular complexity index is 767. The molecule has 1 fully saturated rings. The third-order valence-electron chi connectivity index (χ3n) is 4.41. The van der Waals surface area contributed by atoms with Crippen LogP contribution in [0.4, 0.5) is 4.39 Å². The summed E-state index contributed by atoms with van der Waals surface area (Å²) in [5.41, 5.74) is 1.96. The van der Waals surface area contributed by atoms with Crippen LogP contribution in [0, 0.1) is 12.7 Å². The summed E-state index contributed by atoms with van der Waals surface area (Å²) in [6, 6.07) is 5.90. The van der Waals surface area contributed by atoms with Gasteiger partial charge in [0.2, 0.25) is 5.91 Å². The Morgan fingerprint density at radius 2 is 2.12 bits per heavy atom. The smallest absolute Gasteiger partial charge is 0.316 e. The molecule has 1 saturated heterocycles. The topological polar surface area (TPSA) is 64.5 Å². The molecule has 1 amide bonds. The molecule has 138 valence electrons. The molecular weight excluding hydrogens is 337 g/mol. The fourth-order valence-electron chi connectivity index (χ4n) is 3.11. The van der Waals surface area contributed by atoms with E-state index in [1.807, 2.05) is 25.1 Å². The molecule has 1 aliphatic rings. The standard InChI is InChI=1S/C19H22FN3O3/c1-13-8-14(5-6-17(13)25-2)9-18(24)23-7-3-4-16(12-23)26-19-21-10-15(20)11-22-19/h5-6,8,10-11,16H,3-4,7,9,12H2,1-2H3. The number of aromatic nitrogens is 2. The quantitative estimate of drug-likeness (QED) is 0.821. The molecule has 0 N–H and O–H groups in total. The lowest BCUT2D eigenvalue weighted by molar-refractivity contribution is -0.133. The van der Waals surface area contributed by atoms with Crippen molar-refractivity contribution in [2.24, 2.45) is 0 Å². The van der Waals surface area contributed by atoms with E-state index in [2.05, 4.69) is 9.97 Å². The molecule has 3 rings (SSSR count). The monoisotopic (exact) mass is 359 g/mol. The predicted molar refractivity (Wildman–Crippen MR) is 93.7 cm³/mol. The molecule has 1 unspecified atom stereocenters. The molecule has 0 aliphatic carbocycles. The molecule has 2 aromatic rings. The number of aryl methyl sites for hydroxylation is 1. The van der Waals surface area contributed by atoms with Crippen molar-refractivity contribution in [1.82, 2.24) is 14.9 Å². The number of methoxy groups -OCH3 is 1. The van der Waals surface area contributed by atoms with Crippen molar-refractivity contribution in [2.75, 3.05) is 20.2 Å². The summed E-state index contributed by atoms with van der Waals surface area (Å²) in [7, 11) is 1.63. The van der Waals surface area contributed by atoms with Gasteiger partial charge in [-0.15, -0.1) is 0 Å². The summed E-state index contributed by atoms with van der Waals surface area (Å²) in [6.45, 7) is 3.15. The Hall–Kier alpha value is -2.70. The van der Waals surface area contributed by atoms with E-state index in [9.17, 15) is 9.18 Å². The number of halogens is 1. The Morgan fingerprint density at radius 3 is 2.81 bits per heavy atom. The largest absolute Gasteiger partial charge is 0.496 e. The molecule has 0 saturated carbocycles. The van der Waals surface area contributed by atoms with Crippen LogP contribution in [0.1, 0.15) is 24.0 Å². The number of ether oxygens (including phenoxy) is 2. The average molecular weight is 359 g/mol. The lowest BCUT2D eigenvalue weighted by Gasteiger charge is -2.32. The van der Waals surface area contributed by atoms with Gasteiger partial charge in [-0.2, -0.15) is 0 Å². The first-order valence-corrected chi connectivity index (χ1v) is 8.60. The molecule has 0 bridgehead atoms. The van der Waals surface area contributed by atoms with Gasteiger partial charge in [-0.3, -0.25) is 4.79 Å². The van der Waals surface area contributed by atoms with Gasteiger partial charge in [0.1, 0.15) is 11.9 Å². The van der Waals surface area contributed by atoms with E-state index < -0.39 is 5.82 Å². The number of carbonyl (C=O) groups is 1. The molecule has 26 heavy (non-hydrogen) atoms. The van der Waals surface area contributed by atoms with Crippen molar-refractivity contribution < 1.29 is 18.7 Å². The van der Waals surface area contributed by atoms with E-state index in [-0.39, 0.29) is 18.0 Å². The van der Waals surface area contributed by atoms with Crippen LogP contribution in [0.15, 0.2) is 30.6 Å².